The van der Waals surface area contributed by atoms with Crippen molar-refractivity contribution < 1.29 is 14.4 Å². The number of hydrogen-bond acceptors (Lipinski definition) is 2. The highest BCUT2D eigenvalue weighted by atomic mass is 16.5. The summed E-state index contributed by atoms with van der Waals surface area (Å²) in [5.41, 5.74) is 3.60. The number of benzene rings is 2. The SMILES string of the molecule is COc1cccc(NC(=O)C[NH+](C)[C@@H]2CCCc3ccccc32)c1. The van der Waals surface area contributed by atoms with Crippen molar-refractivity contribution in [2.24, 2.45) is 0 Å². The number of carbonyl (C=O) groups is 1. The Morgan fingerprint density at radius 1 is 1.25 bits per heavy atom. The van der Waals surface area contributed by atoms with Gasteiger partial charge < -0.3 is 15.0 Å². The zero-order valence-electron chi connectivity index (χ0n) is 14.3. The topological polar surface area (TPSA) is 42.8 Å². The van der Waals surface area contributed by atoms with Crippen molar-refractivity contribution in [2.75, 3.05) is 26.0 Å². The first-order valence-electron chi connectivity index (χ1n) is 8.51. The Hall–Kier alpha value is -2.33. The van der Waals surface area contributed by atoms with E-state index in [9.17, 15) is 4.79 Å². The molecule has 1 aliphatic rings. The molecular formula is C20H25N2O2+. The van der Waals surface area contributed by atoms with E-state index in [0.29, 0.717) is 12.6 Å². The number of rotatable bonds is 5. The van der Waals surface area contributed by atoms with Crippen LogP contribution in [0.1, 0.15) is 30.0 Å². The molecule has 3 rings (SSSR count). The maximum atomic E-state index is 12.4. The molecule has 0 fully saturated rings. The minimum Gasteiger partial charge on any atom is -0.497 e. The van der Waals surface area contributed by atoms with E-state index in [1.165, 1.54) is 22.4 Å². The van der Waals surface area contributed by atoms with Crippen LogP contribution in [-0.4, -0.2) is 26.6 Å². The highest BCUT2D eigenvalue weighted by molar-refractivity contribution is 5.91. The first-order valence-corrected chi connectivity index (χ1v) is 8.51. The van der Waals surface area contributed by atoms with E-state index in [-0.39, 0.29) is 5.91 Å². The molecule has 2 aromatic rings. The molecule has 0 radical (unpaired) electrons. The molecule has 1 unspecified atom stereocenters. The van der Waals surface area contributed by atoms with Gasteiger partial charge in [-0.3, -0.25) is 4.79 Å². The van der Waals surface area contributed by atoms with Crippen molar-refractivity contribution in [3.05, 3.63) is 59.7 Å². The van der Waals surface area contributed by atoms with E-state index in [1.807, 2.05) is 24.3 Å². The molecule has 24 heavy (non-hydrogen) atoms. The third-order valence-electron chi connectivity index (χ3n) is 4.76. The van der Waals surface area contributed by atoms with Crippen molar-refractivity contribution >= 4 is 11.6 Å². The quantitative estimate of drug-likeness (QED) is 0.885. The van der Waals surface area contributed by atoms with Crippen LogP contribution >= 0.6 is 0 Å². The van der Waals surface area contributed by atoms with E-state index in [2.05, 4.69) is 36.6 Å². The zero-order chi connectivity index (χ0) is 16.9. The maximum absolute atomic E-state index is 12.4. The zero-order valence-corrected chi connectivity index (χ0v) is 14.3. The largest absolute Gasteiger partial charge is 0.497 e. The number of hydrogen-bond donors (Lipinski definition) is 2. The van der Waals surface area contributed by atoms with Gasteiger partial charge in [-0.2, -0.15) is 0 Å². The summed E-state index contributed by atoms with van der Waals surface area (Å²) in [5.74, 6) is 0.776. The van der Waals surface area contributed by atoms with Gasteiger partial charge in [0.15, 0.2) is 6.54 Å². The lowest BCUT2D eigenvalue weighted by Crippen LogP contribution is -3.10. The van der Waals surface area contributed by atoms with E-state index in [4.69, 9.17) is 4.74 Å². The Morgan fingerprint density at radius 3 is 2.92 bits per heavy atom. The molecule has 0 saturated carbocycles. The maximum Gasteiger partial charge on any atom is 0.279 e. The number of anilines is 1. The summed E-state index contributed by atoms with van der Waals surface area (Å²) >= 11 is 0. The number of aryl methyl sites for hydroxylation is 1. The number of quaternary nitrogens is 1. The van der Waals surface area contributed by atoms with Gasteiger partial charge >= 0.3 is 0 Å². The van der Waals surface area contributed by atoms with Crippen LogP contribution < -0.4 is 15.0 Å². The Balaban J connectivity index is 1.64. The molecule has 0 bridgehead atoms. The third-order valence-corrected chi connectivity index (χ3v) is 4.76. The molecule has 4 nitrogen and oxygen atoms in total. The van der Waals surface area contributed by atoms with Crippen LogP contribution in [-0.2, 0) is 11.2 Å². The van der Waals surface area contributed by atoms with Crippen molar-refractivity contribution in [3.8, 4) is 5.75 Å². The van der Waals surface area contributed by atoms with E-state index >= 15 is 0 Å². The van der Waals surface area contributed by atoms with Crippen LogP contribution in [0, 0.1) is 0 Å². The Bertz CT molecular complexity index is 714. The normalized spacial score (nSPS) is 17.7. The molecule has 2 atom stereocenters. The van der Waals surface area contributed by atoms with Gasteiger partial charge in [0.2, 0.25) is 0 Å². The fraction of sp³-hybridized carbons (Fsp3) is 0.350. The van der Waals surface area contributed by atoms with Gasteiger partial charge in [-0.1, -0.05) is 30.3 Å². The van der Waals surface area contributed by atoms with Gasteiger partial charge in [0.1, 0.15) is 11.8 Å². The first-order chi connectivity index (χ1) is 11.7. The molecular weight excluding hydrogens is 300 g/mol. The smallest absolute Gasteiger partial charge is 0.279 e. The highest BCUT2D eigenvalue weighted by Gasteiger charge is 2.27. The number of ether oxygens (including phenoxy) is 1. The molecule has 1 aliphatic carbocycles. The van der Waals surface area contributed by atoms with Crippen molar-refractivity contribution in [3.63, 3.8) is 0 Å². The van der Waals surface area contributed by atoms with Crippen molar-refractivity contribution in [2.45, 2.75) is 25.3 Å². The molecule has 1 amide bonds. The highest BCUT2D eigenvalue weighted by Crippen LogP contribution is 2.27. The number of carbonyl (C=O) groups excluding carboxylic acids is 1. The fourth-order valence-electron chi connectivity index (χ4n) is 3.55. The first kappa shape index (κ1) is 16.5. The predicted molar refractivity (Wildman–Crippen MR) is 95.5 cm³/mol. The van der Waals surface area contributed by atoms with E-state index in [1.54, 1.807) is 7.11 Å². The summed E-state index contributed by atoms with van der Waals surface area (Å²) in [6.07, 6.45) is 3.47. The van der Waals surface area contributed by atoms with Crippen LogP contribution in [0.3, 0.4) is 0 Å². The molecule has 0 spiro atoms. The Kier molecular flexibility index (Phi) is 5.16. The van der Waals surface area contributed by atoms with E-state index in [0.717, 1.165) is 24.3 Å². The van der Waals surface area contributed by atoms with E-state index < -0.39 is 0 Å². The number of likely N-dealkylation sites (N-methyl/N-ethyl adjacent to an activating group) is 1. The average Bonchev–Trinajstić information content (AvgIpc) is 2.61. The summed E-state index contributed by atoms with van der Waals surface area (Å²) in [7, 11) is 3.73. The molecule has 0 saturated heterocycles. The monoisotopic (exact) mass is 325 g/mol. The van der Waals surface area contributed by atoms with Crippen molar-refractivity contribution in [1.29, 1.82) is 0 Å². The second kappa shape index (κ2) is 7.49. The molecule has 0 heterocycles. The molecule has 2 N–H and O–H groups in total. The van der Waals surface area contributed by atoms with Crippen LogP contribution in [0.5, 0.6) is 5.75 Å². The van der Waals surface area contributed by atoms with Gasteiger partial charge in [0, 0.05) is 23.7 Å². The van der Waals surface area contributed by atoms with Crippen LogP contribution in [0.25, 0.3) is 0 Å². The van der Waals surface area contributed by atoms with Gasteiger partial charge in [-0.25, -0.2) is 0 Å². The Labute approximate surface area is 143 Å². The molecule has 0 aromatic heterocycles. The summed E-state index contributed by atoms with van der Waals surface area (Å²) < 4.78 is 5.20. The minimum atomic E-state index is 0.0313. The third kappa shape index (κ3) is 3.77. The molecule has 2 aromatic carbocycles. The predicted octanol–water partition coefficient (Wildman–Crippen LogP) is 2.23. The fourth-order valence-corrected chi connectivity index (χ4v) is 3.55. The second-order valence-electron chi connectivity index (χ2n) is 6.45. The number of methoxy groups -OCH3 is 1. The van der Waals surface area contributed by atoms with Gasteiger partial charge in [0.25, 0.3) is 5.91 Å². The van der Waals surface area contributed by atoms with Crippen molar-refractivity contribution in [1.82, 2.24) is 0 Å². The average molecular weight is 325 g/mol. The lowest BCUT2D eigenvalue weighted by Gasteiger charge is -2.30. The summed E-state index contributed by atoms with van der Waals surface area (Å²) in [6.45, 7) is 0.455. The second-order valence-corrected chi connectivity index (χ2v) is 6.45. The summed E-state index contributed by atoms with van der Waals surface area (Å²) in [5, 5.41) is 2.97. The minimum absolute atomic E-state index is 0.0313. The van der Waals surface area contributed by atoms with Crippen LogP contribution in [0.4, 0.5) is 5.69 Å². The van der Waals surface area contributed by atoms with Gasteiger partial charge in [-0.15, -0.1) is 0 Å². The number of nitrogens with one attached hydrogen (secondary N) is 2. The molecule has 0 aliphatic heterocycles. The lowest BCUT2D eigenvalue weighted by atomic mass is 9.87. The Morgan fingerprint density at radius 2 is 2.08 bits per heavy atom. The van der Waals surface area contributed by atoms with Crippen LogP contribution in [0.2, 0.25) is 0 Å². The lowest BCUT2D eigenvalue weighted by molar-refractivity contribution is -0.905. The van der Waals surface area contributed by atoms with Gasteiger partial charge in [0.05, 0.1) is 14.2 Å². The molecule has 4 heteroatoms. The van der Waals surface area contributed by atoms with Gasteiger partial charge in [-0.05, 0) is 30.5 Å². The standard InChI is InChI=1S/C20H24N2O2/c1-22(19-12-5-8-15-7-3-4-11-18(15)19)14-20(23)21-16-9-6-10-17(13-16)24-2/h3-4,6-7,9-11,13,19H,5,8,12,14H2,1-2H3,(H,21,23)/p+1/t19-/m1/s1. The van der Waals surface area contributed by atoms with Crippen LogP contribution in [0.15, 0.2) is 48.5 Å². The summed E-state index contributed by atoms with van der Waals surface area (Å²) in [4.78, 5) is 13.6. The number of fused-ring (bicyclic) bond motifs is 1. The number of amides is 1. The molecule has 126 valence electrons. The summed E-state index contributed by atoms with van der Waals surface area (Å²) in [6, 6.07) is 16.5.